The highest BCUT2D eigenvalue weighted by Crippen LogP contribution is 2.70. The van der Waals surface area contributed by atoms with E-state index in [4.69, 9.17) is 14.2 Å². The highest BCUT2D eigenvalue weighted by atomic mass is 16.8. The minimum absolute atomic E-state index is 0.0617. The Morgan fingerprint density at radius 1 is 0.970 bits per heavy atom. The fourth-order valence-electron chi connectivity index (χ4n) is 9.14. The van der Waals surface area contributed by atoms with Gasteiger partial charge in [0.1, 0.15) is 5.60 Å². The number of aliphatic hydroxyl groups is 1. The van der Waals surface area contributed by atoms with Gasteiger partial charge in [0.25, 0.3) is 0 Å². The van der Waals surface area contributed by atoms with E-state index in [1.54, 1.807) is 0 Å². The van der Waals surface area contributed by atoms with Crippen LogP contribution in [0.3, 0.4) is 0 Å². The molecule has 0 amide bonds. The second-order valence-electron chi connectivity index (χ2n) is 13.2. The Morgan fingerprint density at radius 2 is 1.70 bits per heavy atom. The van der Waals surface area contributed by atoms with Gasteiger partial charge in [0.2, 0.25) is 6.29 Å². The summed E-state index contributed by atoms with van der Waals surface area (Å²) in [7, 11) is 0. The quantitative estimate of drug-likeness (QED) is 0.552. The van der Waals surface area contributed by atoms with Crippen LogP contribution in [0.15, 0.2) is 23.8 Å². The average Bonchev–Trinajstić information content (AvgIpc) is 3.17. The summed E-state index contributed by atoms with van der Waals surface area (Å²) >= 11 is 0. The SMILES string of the molecule is CC1(C)OC[C@@]2(CC[C@H]3[C@@](C)(CC[C@H]4C(C)(C)CCC[C@]34C)[C@@H]2/C=C/C2=CC(=O)OC2O)O1. The van der Waals surface area contributed by atoms with E-state index in [9.17, 15) is 9.90 Å². The van der Waals surface area contributed by atoms with Gasteiger partial charge in [0.15, 0.2) is 5.79 Å². The molecule has 5 heteroatoms. The Bertz CT molecular complexity index is 887. The Labute approximate surface area is 198 Å². The molecule has 0 aromatic heterocycles. The van der Waals surface area contributed by atoms with Gasteiger partial charge in [0, 0.05) is 17.6 Å². The smallest absolute Gasteiger partial charge is 0.333 e. The second kappa shape index (κ2) is 7.41. The summed E-state index contributed by atoms with van der Waals surface area (Å²) in [6, 6.07) is 0. The highest BCUT2D eigenvalue weighted by Gasteiger charge is 2.66. The fourth-order valence-corrected chi connectivity index (χ4v) is 9.14. The molecule has 3 aliphatic carbocycles. The number of esters is 1. The lowest BCUT2D eigenvalue weighted by molar-refractivity contribution is -0.229. The molecule has 0 radical (unpaired) electrons. The maximum atomic E-state index is 11.7. The Balaban J connectivity index is 1.55. The zero-order chi connectivity index (χ0) is 23.9. The van der Waals surface area contributed by atoms with Crippen LogP contribution in [0.4, 0.5) is 0 Å². The van der Waals surface area contributed by atoms with Crippen LogP contribution in [-0.4, -0.2) is 35.4 Å². The second-order valence-corrected chi connectivity index (χ2v) is 13.2. The summed E-state index contributed by atoms with van der Waals surface area (Å²) in [5.74, 6) is 0.407. The Morgan fingerprint density at radius 3 is 2.33 bits per heavy atom. The van der Waals surface area contributed by atoms with Crippen molar-refractivity contribution in [1.82, 2.24) is 0 Å². The lowest BCUT2D eigenvalue weighted by Crippen LogP contribution is -2.63. The van der Waals surface area contributed by atoms with Gasteiger partial charge in [-0.15, -0.1) is 0 Å². The molecule has 2 aliphatic heterocycles. The standard InChI is InChI=1S/C28H42O5/c1-24(2)12-7-13-26(5)19(24)10-14-27(6)20(26)11-15-28(17-31-25(3,4)33-28)21(27)9-8-18-16-22(29)32-23(18)30/h8-9,16,19-21,23,30H,7,10-15,17H2,1-6H3/b9-8+/t19-,20+,21-,23?,26-,27+,28+/m0/s1. The van der Waals surface area contributed by atoms with E-state index in [0.29, 0.717) is 28.9 Å². The predicted octanol–water partition coefficient (Wildman–Crippen LogP) is 5.52. The number of ether oxygens (including phenoxy) is 3. The molecule has 184 valence electrons. The monoisotopic (exact) mass is 458 g/mol. The Hall–Kier alpha value is -1.17. The van der Waals surface area contributed by atoms with Gasteiger partial charge in [-0.1, -0.05) is 46.3 Å². The Kier molecular flexibility index (Phi) is 5.29. The third-order valence-corrected chi connectivity index (χ3v) is 10.4. The van der Waals surface area contributed by atoms with Gasteiger partial charge in [-0.25, -0.2) is 4.79 Å². The number of carbonyl (C=O) groups excluding carboxylic acids is 1. The minimum Gasteiger partial charge on any atom is -0.428 e. The molecule has 0 aromatic carbocycles. The van der Waals surface area contributed by atoms with Gasteiger partial charge < -0.3 is 19.3 Å². The van der Waals surface area contributed by atoms with Crippen molar-refractivity contribution in [2.75, 3.05) is 6.61 Å². The van der Waals surface area contributed by atoms with Crippen LogP contribution in [0.5, 0.6) is 0 Å². The molecule has 33 heavy (non-hydrogen) atoms. The van der Waals surface area contributed by atoms with Crippen LogP contribution in [0.25, 0.3) is 0 Å². The van der Waals surface area contributed by atoms with Gasteiger partial charge in [-0.2, -0.15) is 0 Å². The first-order valence-corrected chi connectivity index (χ1v) is 12.9. The zero-order valence-corrected chi connectivity index (χ0v) is 21.3. The molecule has 1 N–H and O–H groups in total. The molecule has 3 saturated carbocycles. The van der Waals surface area contributed by atoms with Crippen LogP contribution in [0.2, 0.25) is 0 Å². The summed E-state index contributed by atoms with van der Waals surface area (Å²) in [5.41, 5.74) is 0.917. The highest BCUT2D eigenvalue weighted by molar-refractivity contribution is 5.86. The molecule has 5 nitrogen and oxygen atoms in total. The molecular weight excluding hydrogens is 416 g/mol. The van der Waals surface area contributed by atoms with Gasteiger partial charge in [-0.05, 0) is 80.5 Å². The number of carbonyl (C=O) groups is 1. The van der Waals surface area contributed by atoms with E-state index in [1.165, 1.54) is 38.2 Å². The summed E-state index contributed by atoms with van der Waals surface area (Å²) in [6.45, 7) is 14.6. The van der Waals surface area contributed by atoms with E-state index >= 15 is 0 Å². The van der Waals surface area contributed by atoms with Crippen LogP contribution >= 0.6 is 0 Å². The molecule has 5 aliphatic rings. The first-order chi connectivity index (χ1) is 15.3. The molecule has 5 rings (SSSR count). The molecule has 2 heterocycles. The van der Waals surface area contributed by atoms with E-state index in [2.05, 4.69) is 33.8 Å². The van der Waals surface area contributed by atoms with Crippen molar-refractivity contribution >= 4 is 5.97 Å². The lowest BCUT2D eigenvalue weighted by Gasteiger charge is -2.67. The summed E-state index contributed by atoms with van der Waals surface area (Å²) in [4.78, 5) is 11.7. The molecule has 1 unspecified atom stereocenters. The molecule has 1 spiro atoms. The van der Waals surface area contributed by atoms with E-state index in [1.807, 2.05) is 19.9 Å². The number of hydrogen-bond acceptors (Lipinski definition) is 5. The van der Waals surface area contributed by atoms with Gasteiger partial charge >= 0.3 is 5.97 Å². The molecule has 0 aromatic rings. The van der Waals surface area contributed by atoms with Gasteiger partial charge in [0.05, 0.1) is 6.61 Å². The summed E-state index contributed by atoms with van der Waals surface area (Å²) in [5, 5.41) is 10.2. The molecule has 4 fully saturated rings. The van der Waals surface area contributed by atoms with Crippen molar-refractivity contribution in [3.05, 3.63) is 23.8 Å². The van der Waals surface area contributed by atoms with E-state index in [0.717, 1.165) is 18.8 Å². The third-order valence-electron chi connectivity index (χ3n) is 10.4. The number of cyclic esters (lactones) is 1. The van der Waals surface area contributed by atoms with Crippen LogP contribution in [-0.2, 0) is 19.0 Å². The zero-order valence-electron chi connectivity index (χ0n) is 21.3. The molecule has 0 bridgehead atoms. The number of aliphatic hydroxyl groups excluding tert-OH is 1. The topological polar surface area (TPSA) is 65.0 Å². The fraction of sp³-hybridized carbons (Fsp3) is 0.821. The van der Waals surface area contributed by atoms with Crippen molar-refractivity contribution in [2.45, 2.75) is 104 Å². The van der Waals surface area contributed by atoms with Crippen molar-refractivity contribution < 1.29 is 24.1 Å². The number of rotatable bonds is 2. The normalized spacial score (nSPS) is 48.5. The van der Waals surface area contributed by atoms with Crippen molar-refractivity contribution in [1.29, 1.82) is 0 Å². The maximum Gasteiger partial charge on any atom is 0.333 e. The molecule has 1 saturated heterocycles. The van der Waals surface area contributed by atoms with E-state index in [-0.39, 0.29) is 16.9 Å². The average molecular weight is 459 g/mol. The third kappa shape index (κ3) is 3.56. The van der Waals surface area contributed by atoms with Crippen LogP contribution in [0, 0.1) is 34.0 Å². The predicted molar refractivity (Wildman–Crippen MR) is 126 cm³/mol. The molecular formula is C28H42O5. The first-order valence-electron chi connectivity index (χ1n) is 12.9. The van der Waals surface area contributed by atoms with Crippen molar-refractivity contribution in [3.8, 4) is 0 Å². The number of fused-ring (bicyclic) bond motifs is 3. The molecule has 7 atom stereocenters. The largest absolute Gasteiger partial charge is 0.428 e. The van der Waals surface area contributed by atoms with Crippen LogP contribution in [0.1, 0.15) is 86.5 Å². The van der Waals surface area contributed by atoms with Crippen LogP contribution < -0.4 is 0 Å². The van der Waals surface area contributed by atoms with Crippen molar-refractivity contribution in [3.63, 3.8) is 0 Å². The first kappa shape index (κ1) is 23.6. The minimum atomic E-state index is -1.18. The number of hydrogen-bond donors (Lipinski definition) is 1. The van der Waals surface area contributed by atoms with Crippen molar-refractivity contribution in [2.24, 2.45) is 34.0 Å². The summed E-state index contributed by atoms with van der Waals surface area (Å²) < 4.78 is 17.8. The van der Waals surface area contributed by atoms with E-state index < -0.39 is 18.0 Å². The van der Waals surface area contributed by atoms with Gasteiger partial charge in [-0.3, -0.25) is 0 Å². The summed E-state index contributed by atoms with van der Waals surface area (Å²) in [6.07, 6.45) is 12.8. The maximum absolute atomic E-state index is 11.7. The lowest BCUT2D eigenvalue weighted by atomic mass is 9.38.